The van der Waals surface area contributed by atoms with E-state index in [4.69, 9.17) is 0 Å². The molecule has 0 saturated carbocycles. The van der Waals surface area contributed by atoms with Gasteiger partial charge >= 0.3 is 0 Å². The van der Waals surface area contributed by atoms with Crippen LogP contribution in [-0.4, -0.2) is 9.52 Å². The maximum atomic E-state index is 4.35. The molecule has 2 aliphatic rings. The Balaban J connectivity index is 2.00. The molecule has 0 amide bonds. The van der Waals surface area contributed by atoms with Crippen LogP contribution in [0.2, 0.25) is 6.55 Å². The lowest BCUT2D eigenvalue weighted by Crippen LogP contribution is -2.02. The van der Waals surface area contributed by atoms with E-state index in [-0.39, 0.29) is 9.52 Å². The third-order valence-electron chi connectivity index (χ3n) is 5.15. The maximum Gasteiger partial charge on any atom is 0.0257 e. The number of fused-ring (bicyclic) bond motifs is 2. The van der Waals surface area contributed by atoms with Crippen LogP contribution in [0, 0.1) is 0 Å². The van der Waals surface area contributed by atoms with Gasteiger partial charge in [-0.2, -0.15) is 0 Å². The second-order valence-corrected chi connectivity index (χ2v) is 7.98. The third kappa shape index (κ3) is 1.59. The van der Waals surface area contributed by atoms with Gasteiger partial charge in [-0.25, -0.2) is 0 Å². The fraction of sp³-hybridized carbons (Fsp3) is 0.263. The first-order valence-corrected chi connectivity index (χ1v) is 9.91. The summed E-state index contributed by atoms with van der Waals surface area (Å²) in [5.41, 5.74) is 9.91. The van der Waals surface area contributed by atoms with E-state index < -0.39 is 0 Å². The van der Waals surface area contributed by atoms with Crippen LogP contribution in [0.15, 0.2) is 49.0 Å². The molecule has 0 saturated heterocycles. The molecule has 2 unspecified atom stereocenters. The molecule has 2 aromatic rings. The van der Waals surface area contributed by atoms with Gasteiger partial charge in [0.05, 0.1) is 0 Å². The largest absolute Gasteiger partial charge is 0.0949 e. The fourth-order valence-electron chi connectivity index (χ4n) is 4.21. The van der Waals surface area contributed by atoms with Gasteiger partial charge in [0.25, 0.3) is 0 Å². The lowest BCUT2D eigenvalue weighted by Gasteiger charge is -2.15. The lowest BCUT2D eigenvalue weighted by molar-refractivity contribution is 0.765. The molecule has 2 aromatic carbocycles. The summed E-state index contributed by atoms with van der Waals surface area (Å²) in [6, 6.07) is 15.9. The molecule has 100 valence electrons. The highest BCUT2D eigenvalue weighted by atomic mass is 28.2. The minimum atomic E-state index is 0.00537. The van der Waals surface area contributed by atoms with Crippen LogP contribution >= 0.6 is 0 Å². The van der Waals surface area contributed by atoms with Crippen molar-refractivity contribution in [2.24, 2.45) is 0 Å². The van der Waals surface area contributed by atoms with Crippen LogP contribution in [-0.2, 0) is 6.42 Å². The molecule has 0 N–H and O–H groups in total. The predicted octanol–water partition coefficient (Wildman–Crippen LogP) is 4.05. The zero-order valence-electron chi connectivity index (χ0n) is 12.0. The van der Waals surface area contributed by atoms with Gasteiger partial charge in [0.1, 0.15) is 0 Å². The first-order chi connectivity index (χ1) is 9.79. The van der Waals surface area contributed by atoms with E-state index in [1.807, 2.05) is 0 Å². The average Bonchev–Trinajstić information content (AvgIpc) is 2.81. The second kappa shape index (κ2) is 4.46. The summed E-state index contributed by atoms with van der Waals surface area (Å²) in [5.74, 6) is 0.620. The van der Waals surface area contributed by atoms with Crippen molar-refractivity contribution >= 4 is 15.1 Å². The summed E-state index contributed by atoms with van der Waals surface area (Å²) in [7, 11) is 0.00537. The van der Waals surface area contributed by atoms with E-state index in [2.05, 4.69) is 55.6 Å². The summed E-state index contributed by atoms with van der Waals surface area (Å²) in [6.45, 7) is 6.81. The molecule has 1 heteroatoms. The topological polar surface area (TPSA) is 0 Å². The molecule has 0 heterocycles. The number of hydrogen-bond donors (Lipinski definition) is 0. The number of allylic oxidation sites excluding steroid dienone is 1. The molecule has 0 radical (unpaired) electrons. The average molecular weight is 276 g/mol. The van der Waals surface area contributed by atoms with Crippen molar-refractivity contribution in [2.45, 2.75) is 30.8 Å². The molecular formula is C19H20Si. The van der Waals surface area contributed by atoms with Gasteiger partial charge in [0.2, 0.25) is 0 Å². The normalized spacial score (nSPS) is 23.8. The molecule has 0 fully saturated rings. The van der Waals surface area contributed by atoms with E-state index in [1.54, 1.807) is 11.1 Å². The Morgan fingerprint density at radius 2 is 1.85 bits per heavy atom. The van der Waals surface area contributed by atoms with Gasteiger partial charge in [-0.1, -0.05) is 55.6 Å². The summed E-state index contributed by atoms with van der Waals surface area (Å²) in [6.07, 6.45) is 2.36. The Labute approximate surface area is 123 Å². The van der Waals surface area contributed by atoms with E-state index in [0.29, 0.717) is 5.92 Å². The Morgan fingerprint density at radius 3 is 2.70 bits per heavy atom. The number of benzene rings is 2. The molecule has 0 spiro atoms. The Kier molecular flexibility index (Phi) is 2.71. The van der Waals surface area contributed by atoms with E-state index in [0.717, 1.165) is 12.0 Å². The van der Waals surface area contributed by atoms with Gasteiger partial charge in [0, 0.05) is 15.4 Å². The van der Waals surface area contributed by atoms with Gasteiger partial charge in [-0.15, -0.1) is 0 Å². The highest BCUT2D eigenvalue weighted by Crippen LogP contribution is 2.50. The lowest BCUT2D eigenvalue weighted by atomic mass is 9.89. The zero-order valence-corrected chi connectivity index (χ0v) is 13.4. The van der Waals surface area contributed by atoms with E-state index >= 15 is 0 Å². The van der Waals surface area contributed by atoms with Crippen molar-refractivity contribution in [2.75, 3.05) is 0 Å². The molecule has 0 bridgehead atoms. The zero-order chi connectivity index (χ0) is 13.7. The van der Waals surface area contributed by atoms with Crippen molar-refractivity contribution in [1.82, 2.24) is 0 Å². The molecule has 4 rings (SSSR count). The molecule has 0 aliphatic heterocycles. The second-order valence-electron chi connectivity index (χ2n) is 6.18. The molecule has 2 atom stereocenters. The van der Waals surface area contributed by atoms with E-state index in [1.165, 1.54) is 28.7 Å². The minimum absolute atomic E-state index is 0.00537. The number of hydrogen-bond acceptors (Lipinski definition) is 0. The monoisotopic (exact) mass is 276 g/mol. The SMILES string of the molecule is C=C1Cc2cccc3c2C(CC3[SiH2]C)c2ccccc21. The smallest absolute Gasteiger partial charge is 0.0257 e. The van der Waals surface area contributed by atoms with Gasteiger partial charge in [-0.05, 0) is 51.8 Å². The van der Waals surface area contributed by atoms with Crippen LogP contribution < -0.4 is 0 Å². The molecule has 2 aliphatic carbocycles. The highest BCUT2D eigenvalue weighted by Gasteiger charge is 2.35. The highest BCUT2D eigenvalue weighted by molar-refractivity contribution is 6.36. The van der Waals surface area contributed by atoms with Crippen molar-refractivity contribution in [1.29, 1.82) is 0 Å². The summed E-state index contributed by atoms with van der Waals surface area (Å²) >= 11 is 0. The van der Waals surface area contributed by atoms with Crippen molar-refractivity contribution in [3.63, 3.8) is 0 Å². The van der Waals surface area contributed by atoms with Crippen LogP contribution in [0.5, 0.6) is 0 Å². The van der Waals surface area contributed by atoms with Gasteiger partial charge in [0.15, 0.2) is 0 Å². The fourth-order valence-corrected chi connectivity index (χ4v) is 5.68. The first-order valence-electron chi connectivity index (χ1n) is 7.68. The van der Waals surface area contributed by atoms with Crippen molar-refractivity contribution in [3.05, 3.63) is 76.9 Å². The van der Waals surface area contributed by atoms with Crippen LogP contribution in [0.1, 0.15) is 45.7 Å². The third-order valence-corrected chi connectivity index (χ3v) is 6.91. The quantitative estimate of drug-likeness (QED) is 0.689. The predicted molar refractivity (Wildman–Crippen MR) is 89.2 cm³/mol. The van der Waals surface area contributed by atoms with Crippen LogP contribution in [0.25, 0.3) is 5.57 Å². The summed E-state index contributed by atoms with van der Waals surface area (Å²) < 4.78 is 0. The molecule has 0 nitrogen and oxygen atoms in total. The van der Waals surface area contributed by atoms with Crippen LogP contribution in [0.3, 0.4) is 0 Å². The summed E-state index contributed by atoms with van der Waals surface area (Å²) in [4.78, 5) is 0. The van der Waals surface area contributed by atoms with Gasteiger partial charge in [-0.3, -0.25) is 0 Å². The maximum absolute atomic E-state index is 4.35. The minimum Gasteiger partial charge on any atom is -0.0949 e. The Morgan fingerprint density at radius 1 is 1.05 bits per heavy atom. The molecule has 20 heavy (non-hydrogen) atoms. The molecule has 0 aromatic heterocycles. The van der Waals surface area contributed by atoms with Gasteiger partial charge < -0.3 is 0 Å². The Bertz CT molecular complexity index is 699. The Hall–Kier alpha value is -1.60. The van der Waals surface area contributed by atoms with E-state index in [9.17, 15) is 0 Å². The molecular weight excluding hydrogens is 256 g/mol. The standard InChI is InChI=1S/C19H20Si/c1-12-10-13-6-5-9-16-18(20-2)11-17(19(13)16)15-8-4-3-7-14(12)15/h3-9,17-18H,1,10-11,20H2,2H3. The number of rotatable bonds is 1. The summed E-state index contributed by atoms with van der Waals surface area (Å²) in [5, 5.41) is 0. The first kappa shape index (κ1) is 12.2. The van der Waals surface area contributed by atoms with Crippen molar-refractivity contribution < 1.29 is 0 Å². The van der Waals surface area contributed by atoms with Crippen LogP contribution in [0.4, 0.5) is 0 Å². The van der Waals surface area contributed by atoms with Crippen molar-refractivity contribution in [3.8, 4) is 0 Å².